The van der Waals surface area contributed by atoms with Crippen molar-refractivity contribution in [2.24, 2.45) is 0 Å². The first-order valence-corrected chi connectivity index (χ1v) is 6.48. The van der Waals surface area contributed by atoms with E-state index in [1.54, 1.807) is 18.2 Å². The van der Waals surface area contributed by atoms with Gasteiger partial charge in [-0.3, -0.25) is 0 Å². The van der Waals surface area contributed by atoms with Gasteiger partial charge in [-0.05, 0) is 30.3 Å². The smallest absolute Gasteiger partial charge is 0.416 e. The maximum absolute atomic E-state index is 12.7. The third-order valence-corrected chi connectivity index (χ3v) is 3.02. The van der Waals surface area contributed by atoms with E-state index in [4.69, 9.17) is 9.52 Å². The highest BCUT2D eigenvalue weighted by Gasteiger charge is 2.31. The molecule has 0 saturated heterocycles. The second-order valence-electron chi connectivity index (χ2n) is 4.11. The Kier molecular flexibility index (Phi) is 4.39. The van der Waals surface area contributed by atoms with Crippen molar-refractivity contribution in [1.29, 1.82) is 0 Å². The number of rotatable bonds is 4. The van der Waals surface area contributed by atoms with Gasteiger partial charge in [0.25, 0.3) is 0 Å². The fourth-order valence-corrected chi connectivity index (χ4v) is 2.14. The molecular formula is C13H11BrF3NO2. The predicted octanol–water partition coefficient (Wildman–Crippen LogP) is 4.17. The number of halogens is 4. The van der Waals surface area contributed by atoms with E-state index in [-0.39, 0.29) is 13.2 Å². The SMILES string of the molecule is OCc1ccc(CNc2cc(Br)cc(C(F)(F)F)c2)o1. The number of anilines is 1. The molecule has 2 aromatic rings. The molecule has 1 aromatic carbocycles. The minimum atomic E-state index is -4.39. The lowest BCUT2D eigenvalue weighted by molar-refractivity contribution is -0.137. The lowest BCUT2D eigenvalue weighted by Crippen LogP contribution is -2.06. The summed E-state index contributed by atoms with van der Waals surface area (Å²) in [5.41, 5.74) is -0.404. The standard InChI is InChI=1S/C13H11BrF3NO2/c14-9-3-8(13(15,16)17)4-10(5-9)18-6-11-1-2-12(7-19)20-11/h1-5,18-19H,6-7H2. The zero-order valence-corrected chi connectivity index (χ0v) is 11.8. The van der Waals surface area contributed by atoms with Gasteiger partial charge < -0.3 is 14.8 Å². The molecule has 0 aliphatic heterocycles. The summed E-state index contributed by atoms with van der Waals surface area (Å²) < 4.78 is 43.6. The summed E-state index contributed by atoms with van der Waals surface area (Å²) in [4.78, 5) is 0. The first-order chi connectivity index (χ1) is 9.38. The van der Waals surface area contributed by atoms with E-state index in [0.29, 0.717) is 21.7 Å². The molecule has 0 fully saturated rings. The summed E-state index contributed by atoms with van der Waals surface area (Å²) in [6, 6.07) is 6.86. The molecule has 3 nitrogen and oxygen atoms in total. The predicted molar refractivity (Wildman–Crippen MR) is 71.1 cm³/mol. The van der Waals surface area contributed by atoms with Crippen LogP contribution in [0.3, 0.4) is 0 Å². The van der Waals surface area contributed by atoms with Crippen molar-refractivity contribution >= 4 is 21.6 Å². The molecule has 0 spiro atoms. The topological polar surface area (TPSA) is 45.4 Å². The van der Waals surface area contributed by atoms with Crippen molar-refractivity contribution in [3.05, 3.63) is 51.9 Å². The summed E-state index contributed by atoms with van der Waals surface area (Å²) >= 11 is 3.05. The second-order valence-corrected chi connectivity index (χ2v) is 5.02. The average molecular weight is 350 g/mol. The van der Waals surface area contributed by atoms with Gasteiger partial charge in [0.05, 0.1) is 12.1 Å². The minimum absolute atomic E-state index is 0.213. The Bertz CT molecular complexity index is 596. The maximum atomic E-state index is 12.7. The molecule has 0 atom stereocenters. The third-order valence-electron chi connectivity index (χ3n) is 2.56. The number of aliphatic hydroxyl groups excluding tert-OH is 1. The van der Waals surface area contributed by atoms with Gasteiger partial charge >= 0.3 is 6.18 Å². The molecule has 1 heterocycles. The molecule has 0 aliphatic rings. The summed E-state index contributed by atoms with van der Waals surface area (Å²) in [5, 5.41) is 11.7. The number of hydrogen-bond acceptors (Lipinski definition) is 3. The van der Waals surface area contributed by atoms with Crippen molar-refractivity contribution in [2.75, 3.05) is 5.32 Å². The molecule has 2 N–H and O–H groups in total. The van der Waals surface area contributed by atoms with Gasteiger partial charge in [0.2, 0.25) is 0 Å². The molecule has 0 unspecified atom stereocenters. The molecule has 0 aliphatic carbocycles. The molecular weight excluding hydrogens is 339 g/mol. The number of alkyl halides is 3. The second kappa shape index (κ2) is 5.88. The van der Waals surface area contributed by atoms with E-state index in [1.165, 1.54) is 0 Å². The van der Waals surface area contributed by atoms with E-state index in [1.807, 2.05) is 0 Å². The van der Waals surface area contributed by atoms with Gasteiger partial charge in [0.1, 0.15) is 18.1 Å². The van der Waals surface area contributed by atoms with Crippen LogP contribution in [0, 0.1) is 0 Å². The third kappa shape index (κ3) is 3.77. The molecule has 0 amide bonds. The van der Waals surface area contributed by atoms with Crippen LogP contribution in [0.1, 0.15) is 17.1 Å². The molecule has 0 saturated carbocycles. The largest absolute Gasteiger partial charge is 0.462 e. The Balaban J connectivity index is 2.11. The van der Waals surface area contributed by atoms with Gasteiger partial charge in [-0.25, -0.2) is 0 Å². The summed E-state index contributed by atoms with van der Waals surface area (Å²) in [5.74, 6) is 0.939. The summed E-state index contributed by atoms with van der Waals surface area (Å²) in [6.45, 7) is 0.0167. The minimum Gasteiger partial charge on any atom is -0.462 e. The van der Waals surface area contributed by atoms with Crippen LogP contribution < -0.4 is 5.32 Å². The molecule has 7 heteroatoms. The Hall–Kier alpha value is -1.47. The van der Waals surface area contributed by atoms with Gasteiger partial charge in [0, 0.05) is 10.2 Å². The Morgan fingerprint density at radius 1 is 1.15 bits per heavy atom. The van der Waals surface area contributed by atoms with Crippen molar-refractivity contribution < 1.29 is 22.7 Å². The van der Waals surface area contributed by atoms with Crippen molar-refractivity contribution in [3.8, 4) is 0 Å². The number of aliphatic hydroxyl groups is 1. The molecule has 20 heavy (non-hydrogen) atoms. The lowest BCUT2D eigenvalue weighted by atomic mass is 10.2. The Morgan fingerprint density at radius 3 is 2.45 bits per heavy atom. The van der Waals surface area contributed by atoms with Gasteiger partial charge in [-0.15, -0.1) is 0 Å². The van der Waals surface area contributed by atoms with E-state index < -0.39 is 11.7 Å². The van der Waals surface area contributed by atoms with Crippen LogP contribution in [0.15, 0.2) is 39.2 Å². The van der Waals surface area contributed by atoms with Crippen molar-refractivity contribution in [2.45, 2.75) is 19.3 Å². The van der Waals surface area contributed by atoms with E-state index in [2.05, 4.69) is 21.2 Å². The first kappa shape index (κ1) is 14.9. The van der Waals surface area contributed by atoms with Crippen molar-refractivity contribution in [1.82, 2.24) is 0 Å². The number of benzene rings is 1. The van der Waals surface area contributed by atoms with Gasteiger partial charge in [-0.1, -0.05) is 15.9 Å². The van der Waals surface area contributed by atoms with Crippen LogP contribution in [-0.2, 0) is 19.3 Å². The maximum Gasteiger partial charge on any atom is 0.416 e. The van der Waals surface area contributed by atoms with Crippen LogP contribution >= 0.6 is 15.9 Å². The Morgan fingerprint density at radius 2 is 1.85 bits per heavy atom. The van der Waals surface area contributed by atoms with Crippen LogP contribution in [0.4, 0.5) is 18.9 Å². The van der Waals surface area contributed by atoms with Crippen LogP contribution in [0.25, 0.3) is 0 Å². The molecule has 2 rings (SSSR count). The average Bonchev–Trinajstić information content (AvgIpc) is 2.82. The van der Waals surface area contributed by atoms with E-state index >= 15 is 0 Å². The zero-order chi connectivity index (χ0) is 14.8. The summed E-state index contributed by atoms with van der Waals surface area (Å²) in [6.07, 6.45) is -4.39. The highest BCUT2D eigenvalue weighted by molar-refractivity contribution is 9.10. The highest BCUT2D eigenvalue weighted by Crippen LogP contribution is 2.33. The fourth-order valence-electron chi connectivity index (χ4n) is 1.65. The first-order valence-electron chi connectivity index (χ1n) is 5.68. The van der Waals surface area contributed by atoms with Crippen LogP contribution in [-0.4, -0.2) is 5.11 Å². The lowest BCUT2D eigenvalue weighted by Gasteiger charge is -2.11. The number of furan rings is 1. The quantitative estimate of drug-likeness (QED) is 0.870. The van der Waals surface area contributed by atoms with Crippen LogP contribution in [0.2, 0.25) is 0 Å². The molecule has 1 aromatic heterocycles. The normalized spacial score (nSPS) is 11.7. The summed E-state index contributed by atoms with van der Waals surface area (Å²) in [7, 11) is 0. The van der Waals surface area contributed by atoms with E-state index in [0.717, 1.165) is 12.1 Å². The molecule has 108 valence electrons. The number of nitrogens with one attached hydrogen (secondary N) is 1. The van der Waals surface area contributed by atoms with Gasteiger partial charge in [-0.2, -0.15) is 13.2 Å². The highest BCUT2D eigenvalue weighted by atomic mass is 79.9. The van der Waals surface area contributed by atoms with Crippen molar-refractivity contribution in [3.63, 3.8) is 0 Å². The van der Waals surface area contributed by atoms with E-state index in [9.17, 15) is 13.2 Å². The fraction of sp³-hybridized carbons (Fsp3) is 0.231. The molecule has 0 bridgehead atoms. The number of hydrogen-bond donors (Lipinski definition) is 2. The van der Waals surface area contributed by atoms with Crippen LogP contribution in [0.5, 0.6) is 0 Å². The van der Waals surface area contributed by atoms with Gasteiger partial charge in [0.15, 0.2) is 0 Å². The molecule has 0 radical (unpaired) electrons. The monoisotopic (exact) mass is 349 g/mol. The Labute approximate surface area is 121 Å². The zero-order valence-electron chi connectivity index (χ0n) is 10.2.